The highest BCUT2D eigenvalue weighted by Crippen LogP contribution is 2.37. The fourth-order valence-corrected chi connectivity index (χ4v) is 3.46. The molecule has 0 aliphatic heterocycles. The van der Waals surface area contributed by atoms with Crippen molar-refractivity contribution in [3.63, 3.8) is 0 Å². The number of nitrogens with zero attached hydrogens (tertiary/aromatic N) is 2. The summed E-state index contributed by atoms with van der Waals surface area (Å²) in [5.74, 6) is -0.435. The zero-order chi connectivity index (χ0) is 18.3. The molecule has 1 aromatic heterocycles. The molecule has 0 spiro atoms. The SMILES string of the molecule is N#Cc1cccc(Cn2c3cccc(O)c3c3c(C(N)=O)cccc32)c1. The average Bonchev–Trinajstić information content (AvgIpc) is 2.97. The summed E-state index contributed by atoms with van der Waals surface area (Å²) >= 11 is 0. The topological polar surface area (TPSA) is 92.0 Å². The first-order chi connectivity index (χ1) is 12.6. The number of phenolic OH excluding ortho intramolecular Hbond substituents is 1. The number of primary amides is 1. The number of carbonyl (C=O) groups is 1. The molecule has 4 aromatic rings. The van der Waals surface area contributed by atoms with E-state index in [9.17, 15) is 9.90 Å². The van der Waals surface area contributed by atoms with Crippen molar-refractivity contribution in [3.8, 4) is 11.8 Å². The van der Waals surface area contributed by atoms with E-state index in [0.717, 1.165) is 16.6 Å². The maximum absolute atomic E-state index is 11.9. The smallest absolute Gasteiger partial charge is 0.249 e. The third-order valence-electron chi connectivity index (χ3n) is 4.56. The van der Waals surface area contributed by atoms with E-state index in [2.05, 4.69) is 6.07 Å². The van der Waals surface area contributed by atoms with Crippen LogP contribution >= 0.6 is 0 Å². The van der Waals surface area contributed by atoms with Crippen LogP contribution in [0.1, 0.15) is 21.5 Å². The van der Waals surface area contributed by atoms with Crippen LogP contribution in [0, 0.1) is 11.3 Å². The molecule has 0 fully saturated rings. The zero-order valence-electron chi connectivity index (χ0n) is 13.8. The first-order valence-corrected chi connectivity index (χ1v) is 8.12. The van der Waals surface area contributed by atoms with E-state index in [1.54, 1.807) is 30.3 Å². The highest BCUT2D eigenvalue weighted by molar-refractivity contribution is 6.19. The van der Waals surface area contributed by atoms with Crippen molar-refractivity contribution in [1.29, 1.82) is 5.26 Å². The Labute approximate surface area is 149 Å². The number of amides is 1. The summed E-state index contributed by atoms with van der Waals surface area (Å²) in [6.45, 7) is 0.501. The van der Waals surface area contributed by atoms with Crippen molar-refractivity contribution in [2.24, 2.45) is 5.73 Å². The molecule has 0 atom stereocenters. The number of hydrogen-bond acceptors (Lipinski definition) is 3. The van der Waals surface area contributed by atoms with Gasteiger partial charge in [0, 0.05) is 17.5 Å². The molecule has 0 radical (unpaired) electrons. The van der Waals surface area contributed by atoms with Gasteiger partial charge in [0.2, 0.25) is 5.91 Å². The number of rotatable bonds is 3. The van der Waals surface area contributed by atoms with Crippen LogP contribution in [0.25, 0.3) is 21.8 Å². The van der Waals surface area contributed by atoms with Gasteiger partial charge in [-0.1, -0.05) is 24.3 Å². The standard InChI is InChI=1S/C21H15N3O2/c22-11-13-4-1-5-14(10-13)12-24-16-7-2-6-15(21(23)26)19(16)20-17(24)8-3-9-18(20)25/h1-10,25H,12H2,(H2,23,26). The zero-order valence-corrected chi connectivity index (χ0v) is 13.8. The van der Waals surface area contributed by atoms with Crippen LogP contribution in [0.3, 0.4) is 0 Å². The number of hydrogen-bond donors (Lipinski definition) is 2. The Kier molecular flexibility index (Phi) is 3.59. The molecule has 1 amide bonds. The number of nitrogens with two attached hydrogens (primary N) is 1. The molecule has 3 N–H and O–H groups in total. The van der Waals surface area contributed by atoms with Gasteiger partial charge in [0.1, 0.15) is 5.75 Å². The van der Waals surface area contributed by atoms with Gasteiger partial charge in [-0.25, -0.2) is 0 Å². The summed E-state index contributed by atoms with van der Waals surface area (Å²) in [6.07, 6.45) is 0. The van der Waals surface area contributed by atoms with Crippen LogP contribution in [-0.2, 0) is 6.54 Å². The van der Waals surface area contributed by atoms with Crippen molar-refractivity contribution in [3.05, 3.63) is 77.4 Å². The number of aromatic nitrogens is 1. The number of carbonyl (C=O) groups excluding carboxylic acids is 1. The van der Waals surface area contributed by atoms with Gasteiger partial charge in [0.05, 0.1) is 28.1 Å². The summed E-state index contributed by atoms with van der Waals surface area (Å²) < 4.78 is 2.02. The van der Waals surface area contributed by atoms with Crippen LogP contribution in [0.4, 0.5) is 0 Å². The predicted molar refractivity (Wildman–Crippen MR) is 99.9 cm³/mol. The lowest BCUT2D eigenvalue weighted by Crippen LogP contribution is -2.11. The molecule has 0 aliphatic carbocycles. The third kappa shape index (κ3) is 2.36. The summed E-state index contributed by atoms with van der Waals surface area (Å²) in [6, 6.07) is 20.1. The minimum atomic E-state index is -0.538. The van der Waals surface area contributed by atoms with E-state index in [4.69, 9.17) is 11.0 Å². The number of aromatic hydroxyl groups is 1. The monoisotopic (exact) mass is 341 g/mol. The predicted octanol–water partition coefficient (Wildman–Crippen LogP) is 3.52. The van der Waals surface area contributed by atoms with Crippen LogP contribution in [0.5, 0.6) is 5.75 Å². The lowest BCUT2D eigenvalue weighted by Gasteiger charge is -2.08. The van der Waals surface area contributed by atoms with E-state index < -0.39 is 5.91 Å². The summed E-state index contributed by atoms with van der Waals surface area (Å²) in [5, 5.41) is 20.8. The number of fused-ring (bicyclic) bond motifs is 3. The van der Waals surface area contributed by atoms with Gasteiger partial charge >= 0.3 is 0 Å². The molecule has 0 aliphatic rings. The Hall–Kier alpha value is -3.78. The molecule has 0 saturated carbocycles. The number of nitriles is 1. The molecular weight excluding hydrogens is 326 g/mol. The first kappa shape index (κ1) is 15.7. The highest BCUT2D eigenvalue weighted by atomic mass is 16.3. The van der Waals surface area contributed by atoms with Crippen molar-refractivity contribution >= 4 is 27.7 Å². The molecular formula is C21H15N3O2. The Morgan fingerprint density at radius 2 is 1.73 bits per heavy atom. The van der Waals surface area contributed by atoms with E-state index >= 15 is 0 Å². The number of phenols is 1. The van der Waals surface area contributed by atoms with Crippen LogP contribution in [0.2, 0.25) is 0 Å². The van der Waals surface area contributed by atoms with E-state index in [1.165, 1.54) is 0 Å². The molecule has 0 unspecified atom stereocenters. The van der Waals surface area contributed by atoms with Gasteiger partial charge in [-0.15, -0.1) is 0 Å². The Balaban J connectivity index is 2.05. The van der Waals surface area contributed by atoms with Crippen LogP contribution in [-0.4, -0.2) is 15.6 Å². The van der Waals surface area contributed by atoms with Gasteiger partial charge in [0.15, 0.2) is 0 Å². The van der Waals surface area contributed by atoms with Crippen molar-refractivity contribution in [1.82, 2.24) is 4.57 Å². The summed E-state index contributed by atoms with van der Waals surface area (Å²) in [7, 11) is 0. The molecule has 1 heterocycles. The quantitative estimate of drug-likeness (QED) is 0.597. The van der Waals surface area contributed by atoms with Crippen molar-refractivity contribution in [2.75, 3.05) is 0 Å². The van der Waals surface area contributed by atoms with Gasteiger partial charge in [0.25, 0.3) is 0 Å². The lowest BCUT2D eigenvalue weighted by atomic mass is 10.1. The molecule has 5 nitrogen and oxygen atoms in total. The van der Waals surface area contributed by atoms with Crippen LogP contribution in [0.15, 0.2) is 60.7 Å². The molecule has 0 bridgehead atoms. The van der Waals surface area contributed by atoms with Gasteiger partial charge in [-0.3, -0.25) is 4.79 Å². The Morgan fingerprint density at radius 1 is 1.04 bits per heavy atom. The average molecular weight is 341 g/mol. The summed E-state index contributed by atoms with van der Waals surface area (Å²) in [4.78, 5) is 11.9. The molecule has 0 saturated heterocycles. The molecule has 26 heavy (non-hydrogen) atoms. The second-order valence-electron chi connectivity index (χ2n) is 6.13. The normalized spacial score (nSPS) is 10.9. The third-order valence-corrected chi connectivity index (χ3v) is 4.56. The van der Waals surface area contributed by atoms with Crippen molar-refractivity contribution in [2.45, 2.75) is 6.54 Å². The van der Waals surface area contributed by atoms with E-state index in [1.807, 2.05) is 34.9 Å². The Morgan fingerprint density at radius 3 is 2.46 bits per heavy atom. The molecule has 5 heteroatoms. The lowest BCUT2D eigenvalue weighted by molar-refractivity contribution is 0.100. The first-order valence-electron chi connectivity index (χ1n) is 8.12. The maximum atomic E-state index is 11.9. The minimum Gasteiger partial charge on any atom is -0.507 e. The van der Waals surface area contributed by atoms with E-state index in [0.29, 0.717) is 28.4 Å². The molecule has 126 valence electrons. The van der Waals surface area contributed by atoms with E-state index in [-0.39, 0.29) is 5.75 Å². The fraction of sp³-hybridized carbons (Fsp3) is 0.0476. The van der Waals surface area contributed by atoms with Crippen LogP contribution < -0.4 is 5.73 Å². The molecule has 4 rings (SSSR count). The van der Waals surface area contributed by atoms with Gasteiger partial charge in [-0.2, -0.15) is 5.26 Å². The highest BCUT2D eigenvalue weighted by Gasteiger charge is 2.18. The summed E-state index contributed by atoms with van der Waals surface area (Å²) in [5.41, 5.74) is 9.08. The fourth-order valence-electron chi connectivity index (χ4n) is 3.46. The second kappa shape index (κ2) is 5.94. The van der Waals surface area contributed by atoms with Gasteiger partial charge in [-0.05, 0) is 42.0 Å². The largest absolute Gasteiger partial charge is 0.507 e. The minimum absolute atomic E-state index is 0.103. The van der Waals surface area contributed by atoms with Gasteiger partial charge < -0.3 is 15.4 Å². The maximum Gasteiger partial charge on any atom is 0.249 e. The number of benzene rings is 3. The second-order valence-corrected chi connectivity index (χ2v) is 6.13. The molecule has 3 aromatic carbocycles. The van der Waals surface area contributed by atoms with Crippen molar-refractivity contribution < 1.29 is 9.90 Å². The Bertz CT molecular complexity index is 1220.